The Bertz CT molecular complexity index is 1730. The van der Waals surface area contributed by atoms with Crippen LogP contribution in [0, 0.1) is 10.1 Å². The number of nitro groups is 1. The number of amides is 2. The molecule has 0 aromatic heterocycles. The Morgan fingerprint density at radius 3 is 2.20 bits per heavy atom. The molecule has 0 spiro atoms. The molecule has 0 heterocycles. The number of nitro benzene ring substituents is 1. The number of rotatable bonds is 11. The van der Waals surface area contributed by atoms with Crippen molar-refractivity contribution < 1.29 is 33.5 Å². The highest BCUT2D eigenvalue weighted by Gasteiger charge is 2.11. The maximum absolute atomic E-state index is 12.7. The molecule has 0 aliphatic carbocycles. The molecular weight excluding hydrogens is 568 g/mol. The third kappa shape index (κ3) is 8.36. The summed E-state index contributed by atoms with van der Waals surface area (Å²) >= 11 is 0. The maximum Gasteiger partial charge on any atom is 0.336 e. The molecule has 0 bridgehead atoms. The number of benzene rings is 4. The number of methoxy groups -OCH3 is 2. The second-order valence-corrected chi connectivity index (χ2v) is 8.98. The summed E-state index contributed by atoms with van der Waals surface area (Å²) in [7, 11) is 2.94. The SMILES string of the molecule is COc1ccc(C(=O)Nc2cccc(C(=O)NN=Cc3ccc(OC(=O)/C=C/c4ccc([N+](=O)[O-])cc4)c(OC)c3)c2)cc1. The fraction of sp³-hybridized carbons (Fsp3) is 0.0625. The number of nitrogens with one attached hydrogen (secondary N) is 2. The van der Waals surface area contributed by atoms with Crippen molar-refractivity contribution in [1.82, 2.24) is 5.43 Å². The molecule has 0 fully saturated rings. The largest absolute Gasteiger partial charge is 0.497 e. The summed E-state index contributed by atoms with van der Waals surface area (Å²) in [6.07, 6.45) is 4.04. The molecule has 4 aromatic rings. The maximum atomic E-state index is 12.7. The molecule has 2 amide bonds. The fourth-order valence-corrected chi connectivity index (χ4v) is 3.78. The van der Waals surface area contributed by atoms with Crippen LogP contribution < -0.4 is 25.0 Å². The van der Waals surface area contributed by atoms with Gasteiger partial charge in [-0.2, -0.15) is 5.10 Å². The van der Waals surface area contributed by atoms with Gasteiger partial charge in [-0.25, -0.2) is 10.2 Å². The summed E-state index contributed by atoms with van der Waals surface area (Å²) in [6, 6.07) is 23.4. The molecule has 44 heavy (non-hydrogen) atoms. The van der Waals surface area contributed by atoms with Crippen LogP contribution in [0.4, 0.5) is 11.4 Å². The summed E-state index contributed by atoms with van der Waals surface area (Å²) in [6.45, 7) is 0. The first-order valence-corrected chi connectivity index (χ1v) is 13.0. The van der Waals surface area contributed by atoms with Crippen molar-refractivity contribution in [2.45, 2.75) is 0 Å². The Morgan fingerprint density at radius 1 is 0.795 bits per heavy atom. The van der Waals surface area contributed by atoms with Gasteiger partial charge in [-0.05, 0) is 90.0 Å². The van der Waals surface area contributed by atoms with Crippen molar-refractivity contribution in [2.24, 2.45) is 5.10 Å². The summed E-state index contributed by atoms with van der Waals surface area (Å²) in [5.74, 6) is -0.494. The van der Waals surface area contributed by atoms with Crippen molar-refractivity contribution in [3.63, 3.8) is 0 Å². The molecule has 0 unspecified atom stereocenters. The van der Waals surface area contributed by atoms with E-state index in [9.17, 15) is 24.5 Å². The van der Waals surface area contributed by atoms with Crippen molar-refractivity contribution in [3.05, 3.63) is 129 Å². The minimum atomic E-state index is -0.683. The first-order valence-electron chi connectivity index (χ1n) is 13.0. The first-order chi connectivity index (χ1) is 21.2. The van der Waals surface area contributed by atoms with E-state index in [2.05, 4.69) is 15.8 Å². The number of esters is 1. The number of hydrogen-bond acceptors (Lipinski definition) is 9. The lowest BCUT2D eigenvalue weighted by molar-refractivity contribution is -0.384. The third-order valence-corrected chi connectivity index (χ3v) is 6.03. The highest BCUT2D eigenvalue weighted by atomic mass is 16.6. The molecule has 0 atom stereocenters. The van der Waals surface area contributed by atoms with Crippen LogP contribution in [-0.4, -0.2) is 43.1 Å². The summed E-state index contributed by atoms with van der Waals surface area (Å²) in [5, 5.41) is 17.5. The molecule has 0 radical (unpaired) electrons. The van der Waals surface area contributed by atoms with Crippen molar-refractivity contribution in [3.8, 4) is 17.2 Å². The van der Waals surface area contributed by atoms with Crippen molar-refractivity contribution in [1.29, 1.82) is 0 Å². The van der Waals surface area contributed by atoms with E-state index in [0.717, 1.165) is 0 Å². The van der Waals surface area contributed by atoms with Gasteiger partial charge >= 0.3 is 5.97 Å². The van der Waals surface area contributed by atoms with Crippen LogP contribution in [0.2, 0.25) is 0 Å². The van der Waals surface area contributed by atoms with Gasteiger partial charge in [0.2, 0.25) is 0 Å². The van der Waals surface area contributed by atoms with Gasteiger partial charge in [0.05, 0.1) is 25.4 Å². The minimum Gasteiger partial charge on any atom is -0.497 e. The van der Waals surface area contributed by atoms with Crippen LogP contribution in [0.25, 0.3) is 6.08 Å². The predicted octanol–water partition coefficient (Wildman–Crippen LogP) is 5.25. The number of hydrazone groups is 1. The van der Waals surface area contributed by atoms with E-state index in [1.54, 1.807) is 54.6 Å². The first kappa shape index (κ1) is 30.7. The van der Waals surface area contributed by atoms with E-state index in [4.69, 9.17) is 14.2 Å². The van der Waals surface area contributed by atoms with Crippen LogP contribution >= 0.6 is 0 Å². The van der Waals surface area contributed by atoms with E-state index in [1.165, 1.54) is 69.0 Å². The predicted molar refractivity (Wildman–Crippen MR) is 163 cm³/mol. The summed E-state index contributed by atoms with van der Waals surface area (Å²) < 4.78 is 15.8. The Labute approximate surface area is 251 Å². The fourth-order valence-electron chi connectivity index (χ4n) is 3.78. The molecule has 0 saturated heterocycles. The summed E-state index contributed by atoms with van der Waals surface area (Å²) in [5.41, 5.74) is 4.64. The average Bonchev–Trinajstić information content (AvgIpc) is 3.04. The highest BCUT2D eigenvalue weighted by Crippen LogP contribution is 2.28. The van der Waals surface area contributed by atoms with Crippen LogP contribution in [0.1, 0.15) is 31.8 Å². The van der Waals surface area contributed by atoms with Gasteiger partial charge < -0.3 is 19.5 Å². The molecule has 12 heteroatoms. The Morgan fingerprint density at radius 2 is 1.52 bits per heavy atom. The normalized spacial score (nSPS) is 10.8. The Hall–Kier alpha value is -6.30. The zero-order valence-electron chi connectivity index (χ0n) is 23.6. The quantitative estimate of drug-likeness (QED) is 0.0595. The zero-order chi connectivity index (χ0) is 31.5. The lowest BCUT2D eigenvalue weighted by Crippen LogP contribution is -2.18. The number of nitrogens with zero attached hydrogens (tertiary/aromatic N) is 2. The molecule has 4 aromatic carbocycles. The van der Waals surface area contributed by atoms with E-state index >= 15 is 0 Å². The molecule has 0 saturated carbocycles. The molecular formula is C32H26N4O8. The molecule has 4 rings (SSSR count). The van der Waals surface area contributed by atoms with Gasteiger partial charge in [0, 0.05) is 35.0 Å². The van der Waals surface area contributed by atoms with Crippen LogP contribution in [0.3, 0.4) is 0 Å². The molecule has 12 nitrogen and oxygen atoms in total. The number of non-ortho nitro benzene ring substituents is 1. The lowest BCUT2D eigenvalue weighted by Gasteiger charge is -2.09. The smallest absolute Gasteiger partial charge is 0.336 e. The van der Waals surface area contributed by atoms with Gasteiger partial charge in [-0.15, -0.1) is 0 Å². The Kier molecular flexibility index (Phi) is 10.1. The topological polar surface area (TPSA) is 158 Å². The number of hydrogen-bond donors (Lipinski definition) is 2. The molecule has 2 N–H and O–H groups in total. The minimum absolute atomic E-state index is 0.0569. The van der Waals surface area contributed by atoms with Crippen molar-refractivity contribution in [2.75, 3.05) is 19.5 Å². The van der Waals surface area contributed by atoms with E-state index in [0.29, 0.717) is 28.1 Å². The summed E-state index contributed by atoms with van der Waals surface area (Å²) in [4.78, 5) is 47.8. The van der Waals surface area contributed by atoms with E-state index in [1.807, 2.05) is 0 Å². The Balaban J connectivity index is 1.33. The standard InChI is InChI=1S/C32H26N4O8/c1-42-27-14-10-23(11-15-27)31(38)34-25-5-3-4-24(19-25)32(39)35-33-20-22-8-16-28(29(18-22)43-2)44-30(37)17-9-21-6-12-26(13-7-21)36(40)41/h3-20H,1-2H3,(H,34,38)(H,35,39)/b17-9+,33-20?. The second kappa shape index (κ2) is 14.5. The third-order valence-electron chi connectivity index (χ3n) is 6.03. The number of carbonyl (C=O) groups excluding carboxylic acids is 3. The van der Waals surface area contributed by atoms with Gasteiger partial charge in [0.15, 0.2) is 11.5 Å². The van der Waals surface area contributed by atoms with E-state index < -0.39 is 16.8 Å². The van der Waals surface area contributed by atoms with Crippen molar-refractivity contribution >= 4 is 41.4 Å². The number of carbonyl (C=O) groups is 3. The molecule has 0 aliphatic heterocycles. The van der Waals surface area contributed by atoms with Crippen LogP contribution in [-0.2, 0) is 4.79 Å². The highest BCUT2D eigenvalue weighted by molar-refractivity contribution is 6.05. The van der Waals surface area contributed by atoms with Crippen LogP contribution in [0.5, 0.6) is 17.2 Å². The van der Waals surface area contributed by atoms with Gasteiger partial charge in [0.1, 0.15) is 5.75 Å². The van der Waals surface area contributed by atoms with Gasteiger partial charge in [-0.3, -0.25) is 19.7 Å². The number of anilines is 1. The lowest BCUT2D eigenvalue weighted by atomic mass is 10.1. The van der Waals surface area contributed by atoms with Crippen LogP contribution in [0.15, 0.2) is 102 Å². The zero-order valence-corrected chi connectivity index (χ0v) is 23.6. The molecule has 222 valence electrons. The van der Waals surface area contributed by atoms with Gasteiger partial charge in [0.25, 0.3) is 17.5 Å². The van der Waals surface area contributed by atoms with Gasteiger partial charge in [-0.1, -0.05) is 6.07 Å². The monoisotopic (exact) mass is 594 g/mol. The number of ether oxygens (including phenoxy) is 3. The van der Waals surface area contributed by atoms with E-state index in [-0.39, 0.29) is 28.7 Å². The average molecular weight is 595 g/mol. The second-order valence-electron chi connectivity index (χ2n) is 8.98. The molecule has 0 aliphatic rings.